The van der Waals surface area contributed by atoms with E-state index in [0.29, 0.717) is 34.3 Å². The summed E-state index contributed by atoms with van der Waals surface area (Å²) in [5.41, 5.74) is 1.17. The standard InChI is InChI=1S/C20H16FN5OS/c1-2-11-26-19(15-8-4-5-9-16(15)21)24-25-20(26)28-13-18(27)23-17-10-6-3-7-14(17)12-22/h2-10H,1,11,13H2,(H,23,27). The molecule has 8 heteroatoms. The number of halogens is 1. The number of rotatable bonds is 7. The summed E-state index contributed by atoms with van der Waals surface area (Å²) in [4.78, 5) is 12.3. The summed E-state index contributed by atoms with van der Waals surface area (Å²) in [7, 11) is 0. The van der Waals surface area contributed by atoms with E-state index in [1.54, 1.807) is 53.1 Å². The number of amides is 1. The van der Waals surface area contributed by atoms with Crippen LogP contribution < -0.4 is 5.32 Å². The van der Waals surface area contributed by atoms with Crippen molar-refractivity contribution in [1.82, 2.24) is 14.8 Å². The Bertz CT molecular complexity index is 1060. The number of para-hydroxylation sites is 1. The van der Waals surface area contributed by atoms with E-state index in [9.17, 15) is 9.18 Å². The lowest BCUT2D eigenvalue weighted by molar-refractivity contribution is -0.113. The van der Waals surface area contributed by atoms with E-state index in [2.05, 4.69) is 22.1 Å². The topological polar surface area (TPSA) is 83.6 Å². The largest absolute Gasteiger partial charge is 0.324 e. The van der Waals surface area contributed by atoms with Gasteiger partial charge in [0.25, 0.3) is 0 Å². The summed E-state index contributed by atoms with van der Waals surface area (Å²) in [5, 5.41) is 20.5. The van der Waals surface area contributed by atoms with Crippen molar-refractivity contribution in [3.05, 3.63) is 72.6 Å². The number of nitrogens with one attached hydrogen (secondary N) is 1. The molecule has 28 heavy (non-hydrogen) atoms. The Morgan fingerprint density at radius 3 is 2.75 bits per heavy atom. The summed E-state index contributed by atoms with van der Waals surface area (Å²) in [6.45, 7) is 4.09. The molecule has 0 radical (unpaired) electrons. The lowest BCUT2D eigenvalue weighted by atomic mass is 10.2. The van der Waals surface area contributed by atoms with Crippen molar-refractivity contribution >= 4 is 23.4 Å². The van der Waals surface area contributed by atoms with E-state index in [-0.39, 0.29) is 11.7 Å². The average Bonchev–Trinajstić information content (AvgIpc) is 3.10. The molecule has 0 fully saturated rings. The highest BCUT2D eigenvalue weighted by Crippen LogP contribution is 2.26. The van der Waals surface area contributed by atoms with Crippen LogP contribution in [0.25, 0.3) is 11.4 Å². The van der Waals surface area contributed by atoms with E-state index >= 15 is 0 Å². The third kappa shape index (κ3) is 4.27. The fourth-order valence-corrected chi connectivity index (χ4v) is 3.28. The zero-order valence-electron chi connectivity index (χ0n) is 14.8. The predicted octanol–water partition coefficient (Wildman–Crippen LogP) is 3.87. The number of hydrogen-bond donors (Lipinski definition) is 1. The van der Waals surface area contributed by atoms with Gasteiger partial charge in [-0.15, -0.1) is 16.8 Å². The molecular formula is C20H16FN5OS. The number of carbonyl (C=O) groups is 1. The highest BCUT2D eigenvalue weighted by atomic mass is 32.2. The summed E-state index contributed by atoms with van der Waals surface area (Å²) >= 11 is 1.17. The zero-order chi connectivity index (χ0) is 19.9. The van der Waals surface area contributed by atoms with E-state index in [1.165, 1.54) is 17.8 Å². The molecule has 140 valence electrons. The van der Waals surface area contributed by atoms with Crippen LogP contribution in [0.1, 0.15) is 5.56 Å². The minimum atomic E-state index is -0.400. The molecule has 1 amide bonds. The van der Waals surface area contributed by atoms with Crippen LogP contribution in [0.5, 0.6) is 0 Å². The Hall–Kier alpha value is -3.44. The van der Waals surface area contributed by atoms with Gasteiger partial charge in [-0.05, 0) is 24.3 Å². The maximum absolute atomic E-state index is 14.1. The zero-order valence-corrected chi connectivity index (χ0v) is 15.6. The van der Waals surface area contributed by atoms with Crippen LogP contribution in [0.4, 0.5) is 10.1 Å². The van der Waals surface area contributed by atoms with Gasteiger partial charge in [-0.25, -0.2) is 4.39 Å². The van der Waals surface area contributed by atoms with Crippen LogP contribution in [0, 0.1) is 17.1 Å². The molecule has 0 unspecified atom stereocenters. The lowest BCUT2D eigenvalue weighted by Gasteiger charge is -2.09. The lowest BCUT2D eigenvalue weighted by Crippen LogP contribution is -2.15. The molecule has 0 spiro atoms. The van der Waals surface area contributed by atoms with Gasteiger partial charge in [0, 0.05) is 6.54 Å². The number of anilines is 1. The normalized spacial score (nSPS) is 10.3. The molecular weight excluding hydrogens is 377 g/mol. The van der Waals surface area contributed by atoms with Crippen molar-refractivity contribution in [2.75, 3.05) is 11.1 Å². The van der Waals surface area contributed by atoms with Crippen LogP contribution in [0.15, 0.2) is 66.3 Å². The summed E-state index contributed by atoms with van der Waals surface area (Å²) in [6.07, 6.45) is 1.65. The first-order valence-electron chi connectivity index (χ1n) is 8.34. The number of hydrogen-bond acceptors (Lipinski definition) is 5. The molecule has 0 bridgehead atoms. The monoisotopic (exact) mass is 393 g/mol. The van der Waals surface area contributed by atoms with Crippen molar-refractivity contribution in [2.24, 2.45) is 0 Å². The smallest absolute Gasteiger partial charge is 0.234 e. The molecule has 0 aliphatic heterocycles. The van der Waals surface area contributed by atoms with E-state index in [4.69, 9.17) is 5.26 Å². The second-order valence-corrected chi connectivity index (χ2v) is 6.62. The van der Waals surface area contributed by atoms with E-state index in [1.807, 2.05) is 6.07 Å². The van der Waals surface area contributed by atoms with Gasteiger partial charge in [-0.2, -0.15) is 5.26 Å². The average molecular weight is 393 g/mol. The maximum Gasteiger partial charge on any atom is 0.234 e. The van der Waals surface area contributed by atoms with Gasteiger partial charge in [0.2, 0.25) is 5.91 Å². The molecule has 1 aromatic heterocycles. The Labute approximate surface area is 165 Å². The van der Waals surface area contributed by atoms with Gasteiger partial charge in [-0.1, -0.05) is 42.1 Å². The summed E-state index contributed by atoms with van der Waals surface area (Å²) in [6, 6.07) is 15.1. The van der Waals surface area contributed by atoms with Crippen LogP contribution >= 0.6 is 11.8 Å². The molecule has 3 aromatic rings. The number of thioether (sulfide) groups is 1. The van der Waals surface area contributed by atoms with Gasteiger partial charge in [0.15, 0.2) is 11.0 Å². The van der Waals surface area contributed by atoms with Gasteiger partial charge >= 0.3 is 0 Å². The maximum atomic E-state index is 14.1. The third-order valence-corrected chi connectivity index (χ3v) is 4.76. The minimum absolute atomic E-state index is 0.0618. The second-order valence-electron chi connectivity index (χ2n) is 5.68. The number of allylic oxidation sites excluding steroid dienone is 1. The molecule has 0 atom stereocenters. The van der Waals surface area contributed by atoms with Crippen molar-refractivity contribution in [3.8, 4) is 17.5 Å². The second kappa shape index (κ2) is 8.97. The van der Waals surface area contributed by atoms with Crippen LogP contribution in [-0.4, -0.2) is 26.4 Å². The highest BCUT2D eigenvalue weighted by Gasteiger charge is 2.17. The third-order valence-electron chi connectivity index (χ3n) is 3.80. The SMILES string of the molecule is C=CCn1c(SCC(=O)Nc2ccccc2C#N)nnc1-c1ccccc1F. The van der Waals surface area contributed by atoms with Gasteiger partial charge < -0.3 is 5.32 Å². The molecule has 1 heterocycles. The minimum Gasteiger partial charge on any atom is -0.324 e. The molecule has 0 aliphatic rings. The van der Waals surface area contributed by atoms with Crippen LogP contribution in [-0.2, 0) is 11.3 Å². The van der Waals surface area contributed by atoms with Gasteiger partial charge in [0.05, 0.1) is 22.6 Å². The number of nitriles is 1. The Kier molecular flexibility index (Phi) is 6.19. The Morgan fingerprint density at radius 1 is 1.25 bits per heavy atom. The highest BCUT2D eigenvalue weighted by molar-refractivity contribution is 7.99. The summed E-state index contributed by atoms with van der Waals surface area (Å²) in [5.74, 6) is -0.251. The first-order chi connectivity index (χ1) is 13.6. The van der Waals surface area contributed by atoms with Crippen LogP contribution in [0.3, 0.4) is 0 Å². The number of aromatic nitrogens is 3. The van der Waals surface area contributed by atoms with Crippen LogP contribution in [0.2, 0.25) is 0 Å². The number of nitrogens with zero attached hydrogens (tertiary/aromatic N) is 4. The molecule has 0 aliphatic carbocycles. The van der Waals surface area contributed by atoms with Crippen molar-refractivity contribution in [3.63, 3.8) is 0 Å². The quantitative estimate of drug-likeness (QED) is 0.487. The molecule has 1 N–H and O–H groups in total. The van der Waals surface area contributed by atoms with E-state index < -0.39 is 5.82 Å². The van der Waals surface area contributed by atoms with E-state index in [0.717, 1.165) is 0 Å². The predicted molar refractivity (Wildman–Crippen MR) is 106 cm³/mol. The Morgan fingerprint density at radius 2 is 2.00 bits per heavy atom. The first-order valence-corrected chi connectivity index (χ1v) is 9.33. The number of benzene rings is 2. The molecule has 6 nitrogen and oxygen atoms in total. The van der Waals surface area contributed by atoms with Crippen molar-refractivity contribution in [1.29, 1.82) is 5.26 Å². The Balaban J connectivity index is 1.76. The fourth-order valence-electron chi connectivity index (χ4n) is 2.54. The fraction of sp³-hybridized carbons (Fsp3) is 0.100. The molecule has 3 rings (SSSR count). The van der Waals surface area contributed by atoms with Crippen molar-refractivity contribution < 1.29 is 9.18 Å². The van der Waals surface area contributed by atoms with Crippen molar-refractivity contribution in [2.45, 2.75) is 11.7 Å². The van der Waals surface area contributed by atoms with Gasteiger partial charge in [0.1, 0.15) is 11.9 Å². The van der Waals surface area contributed by atoms with Gasteiger partial charge in [-0.3, -0.25) is 9.36 Å². The number of carbonyl (C=O) groups excluding carboxylic acids is 1. The molecule has 0 saturated heterocycles. The summed E-state index contributed by atoms with van der Waals surface area (Å²) < 4.78 is 15.8. The molecule has 2 aromatic carbocycles. The molecule has 0 saturated carbocycles. The first kappa shape index (κ1) is 19.3.